The average Bonchev–Trinajstić information content (AvgIpc) is 2.27. The van der Waals surface area contributed by atoms with Crippen LogP contribution >= 0.6 is 0 Å². The van der Waals surface area contributed by atoms with Gasteiger partial charge >= 0.3 is 0 Å². The van der Waals surface area contributed by atoms with Crippen LogP contribution in [0, 0.1) is 16.7 Å². The molecule has 4 nitrogen and oxygen atoms in total. The van der Waals surface area contributed by atoms with Crippen LogP contribution in [0.4, 0.5) is 0 Å². The lowest BCUT2D eigenvalue weighted by atomic mass is 9.88. The molecule has 0 amide bonds. The van der Waals surface area contributed by atoms with Crippen LogP contribution in [0.15, 0.2) is 0 Å². The van der Waals surface area contributed by atoms with Crippen molar-refractivity contribution in [3.8, 4) is 0 Å². The summed E-state index contributed by atoms with van der Waals surface area (Å²) < 4.78 is 0. The van der Waals surface area contributed by atoms with Gasteiger partial charge in [-0.1, -0.05) is 27.7 Å². The fraction of sp³-hybridized carbons (Fsp3) is 0.929. The van der Waals surface area contributed by atoms with Crippen molar-refractivity contribution >= 4 is 5.84 Å². The topological polar surface area (TPSA) is 56.4 Å². The van der Waals surface area contributed by atoms with Gasteiger partial charge in [0.05, 0.1) is 5.84 Å². The van der Waals surface area contributed by atoms with Crippen molar-refractivity contribution in [3.63, 3.8) is 0 Å². The second-order valence-electron chi connectivity index (χ2n) is 6.58. The van der Waals surface area contributed by atoms with Crippen LogP contribution in [0.1, 0.15) is 34.1 Å². The molecule has 0 spiro atoms. The first kappa shape index (κ1) is 15.4. The summed E-state index contributed by atoms with van der Waals surface area (Å²) in [7, 11) is 0. The molecule has 0 unspecified atom stereocenters. The van der Waals surface area contributed by atoms with Crippen LogP contribution in [0.2, 0.25) is 0 Å². The van der Waals surface area contributed by atoms with Gasteiger partial charge in [-0.05, 0) is 18.9 Å². The molecular formula is C14H30N4. The number of hydrogen-bond acceptors (Lipinski definition) is 3. The average molecular weight is 254 g/mol. The number of nitrogens with zero attached hydrogens (tertiary/aromatic N) is 2. The predicted molar refractivity (Wildman–Crippen MR) is 78.0 cm³/mol. The fourth-order valence-corrected chi connectivity index (χ4v) is 2.28. The molecule has 1 aliphatic heterocycles. The zero-order chi connectivity index (χ0) is 13.8. The van der Waals surface area contributed by atoms with E-state index in [-0.39, 0.29) is 5.41 Å². The summed E-state index contributed by atoms with van der Waals surface area (Å²) in [5.74, 6) is 1.06. The molecule has 3 N–H and O–H groups in total. The van der Waals surface area contributed by atoms with Gasteiger partial charge in [-0.2, -0.15) is 0 Å². The van der Waals surface area contributed by atoms with Crippen LogP contribution in [0.3, 0.4) is 0 Å². The Labute approximate surface area is 112 Å². The summed E-state index contributed by atoms with van der Waals surface area (Å²) in [6, 6.07) is 0. The fourth-order valence-electron chi connectivity index (χ4n) is 2.28. The second-order valence-corrected chi connectivity index (χ2v) is 6.58. The molecule has 1 aliphatic rings. The first-order valence-corrected chi connectivity index (χ1v) is 7.10. The van der Waals surface area contributed by atoms with Crippen molar-refractivity contribution in [2.45, 2.75) is 34.1 Å². The number of hydrogen-bond donors (Lipinski definition) is 2. The Morgan fingerprint density at radius 1 is 1.17 bits per heavy atom. The predicted octanol–water partition coefficient (Wildman–Crippen LogP) is 1.61. The normalized spacial score (nSPS) is 19.4. The third kappa shape index (κ3) is 4.94. The van der Waals surface area contributed by atoms with Crippen LogP contribution in [0.25, 0.3) is 0 Å². The van der Waals surface area contributed by atoms with Crippen molar-refractivity contribution in [1.29, 1.82) is 5.41 Å². The summed E-state index contributed by atoms with van der Waals surface area (Å²) in [5.41, 5.74) is 5.46. The lowest BCUT2D eigenvalue weighted by Crippen LogP contribution is -2.48. The van der Waals surface area contributed by atoms with E-state index in [4.69, 9.17) is 11.1 Å². The number of nitrogens with one attached hydrogen (secondary N) is 1. The minimum atomic E-state index is -0.158. The van der Waals surface area contributed by atoms with Gasteiger partial charge in [0.25, 0.3) is 0 Å². The zero-order valence-corrected chi connectivity index (χ0v) is 12.5. The van der Waals surface area contributed by atoms with E-state index >= 15 is 0 Å². The highest BCUT2D eigenvalue weighted by Crippen LogP contribution is 2.20. The maximum atomic E-state index is 7.57. The number of piperazine rings is 1. The largest absolute Gasteiger partial charge is 0.387 e. The molecule has 18 heavy (non-hydrogen) atoms. The van der Waals surface area contributed by atoms with E-state index in [2.05, 4.69) is 37.5 Å². The molecule has 0 aromatic rings. The van der Waals surface area contributed by atoms with E-state index in [0.29, 0.717) is 5.84 Å². The Hall–Kier alpha value is -0.610. The van der Waals surface area contributed by atoms with Gasteiger partial charge in [0, 0.05) is 38.1 Å². The molecule has 1 fully saturated rings. The molecule has 1 rings (SSSR count). The minimum Gasteiger partial charge on any atom is -0.387 e. The summed E-state index contributed by atoms with van der Waals surface area (Å²) in [6.45, 7) is 15.6. The third-order valence-electron chi connectivity index (χ3n) is 3.87. The molecule has 1 saturated heterocycles. The monoisotopic (exact) mass is 254 g/mol. The molecule has 0 radical (unpaired) electrons. The number of amidine groups is 1. The maximum Gasteiger partial charge on any atom is 0.0963 e. The molecular weight excluding hydrogens is 224 g/mol. The lowest BCUT2D eigenvalue weighted by Gasteiger charge is -2.36. The molecule has 0 atom stereocenters. The van der Waals surface area contributed by atoms with Crippen LogP contribution in [-0.4, -0.2) is 54.9 Å². The van der Waals surface area contributed by atoms with E-state index in [1.54, 1.807) is 0 Å². The molecule has 0 bridgehead atoms. The van der Waals surface area contributed by atoms with Crippen LogP contribution < -0.4 is 5.73 Å². The Morgan fingerprint density at radius 2 is 1.67 bits per heavy atom. The van der Waals surface area contributed by atoms with Crippen LogP contribution in [-0.2, 0) is 0 Å². The van der Waals surface area contributed by atoms with Crippen LogP contribution in [0.5, 0.6) is 0 Å². The second kappa shape index (κ2) is 6.53. The van der Waals surface area contributed by atoms with Gasteiger partial charge in [-0.3, -0.25) is 5.41 Å². The third-order valence-corrected chi connectivity index (χ3v) is 3.87. The van der Waals surface area contributed by atoms with Crippen molar-refractivity contribution in [2.75, 3.05) is 39.3 Å². The van der Waals surface area contributed by atoms with Gasteiger partial charge in [0.1, 0.15) is 0 Å². The quantitative estimate of drug-likeness (QED) is 0.559. The minimum absolute atomic E-state index is 0.158. The van der Waals surface area contributed by atoms with Crippen molar-refractivity contribution in [1.82, 2.24) is 9.80 Å². The van der Waals surface area contributed by atoms with E-state index in [9.17, 15) is 0 Å². The van der Waals surface area contributed by atoms with E-state index in [1.807, 2.05) is 0 Å². The molecule has 0 aromatic heterocycles. The van der Waals surface area contributed by atoms with E-state index in [1.165, 1.54) is 19.6 Å². The highest BCUT2D eigenvalue weighted by molar-refractivity contribution is 5.82. The standard InChI is InChI=1S/C14H30N4/c1-12(2)11-18-9-7-17(8-10-18)6-5-14(3,4)13(15)16/h12H,5-11H2,1-4H3,(H3,15,16). The Bertz CT molecular complexity index is 265. The molecule has 4 heteroatoms. The van der Waals surface area contributed by atoms with Crippen molar-refractivity contribution in [2.24, 2.45) is 17.1 Å². The lowest BCUT2D eigenvalue weighted by molar-refractivity contribution is 0.116. The first-order chi connectivity index (χ1) is 8.31. The maximum absolute atomic E-state index is 7.57. The molecule has 1 heterocycles. The Morgan fingerprint density at radius 3 is 2.11 bits per heavy atom. The molecule has 0 saturated carbocycles. The Balaban J connectivity index is 2.26. The van der Waals surface area contributed by atoms with Gasteiger partial charge < -0.3 is 15.5 Å². The summed E-state index contributed by atoms with van der Waals surface area (Å²) in [4.78, 5) is 5.05. The SMILES string of the molecule is CC(C)CN1CCN(CCC(C)(C)C(=N)N)CC1. The summed E-state index contributed by atoms with van der Waals surface area (Å²) in [5, 5.41) is 7.57. The van der Waals surface area contributed by atoms with Crippen molar-refractivity contribution < 1.29 is 0 Å². The molecule has 0 aromatic carbocycles. The smallest absolute Gasteiger partial charge is 0.0963 e. The van der Waals surface area contributed by atoms with Gasteiger partial charge in [0.2, 0.25) is 0 Å². The van der Waals surface area contributed by atoms with Crippen molar-refractivity contribution in [3.05, 3.63) is 0 Å². The highest BCUT2D eigenvalue weighted by Gasteiger charge is 2.24. The van der Waals surface area contributed by atoms with Gasteiger partial charge in [-0.25, -0.2) is 0 Å². The molecule has 106 valence electrons. The van der Waals surface area contributed by atoms with Gasteiger partial charge in [0.15, 0.2) is 0 Å². The number of rotatable bonds is 6. The summed E-state index contributed by atoms with van der Waals surface area (Å²) >= 11 is 0. The molecule has 0 aliphatic carbocycles. The first-order valence-electron chi connectivity index (χ1n) is 7.10. The van der Waals surface area contributed by atoms with Gasteiger partial charge in [-0.15, -0.1) is 0 Å². The highest BCUT2D eigenvalue weighted by atomic mass is 15.3. The number of nitrogens with two attached hydrogens (primary N) is 1. The summed E-state index contributed by atoms with van der Waals surface area (Å²) in [6.07, 6.45) is 0.979. The Kier molecular flexibility index (Phi) is 5.60. The zero-order valence-electron chi connectivity index (χ0n) is 12.5. The van der Waals surface area contributed by atoms with E-state index in [0.717, 1.165) is 32.0 Å². The van der Waals surface area contributed by atoms with E-state index < -0.39 is 0 Å².